The highest BCUT2D eigenvalue weighted by molar-refractivity contribution is 7.89. The van der Waals surface area contributed by atoms with Gasteiger partial charge in [0.15, 0.2) is 0 Å². The van der Waals surface area contributed by atoms with E-state index in [1.807, 2.05) is 37.7 Å². The lowest BCUT2D eigenvalue weighted by Gasteiger charge is -2.30. The molecule has 0 spiro atoms. The Labute approximate surface area is 172 Å². The van der Waals surface area contributed by atoms with E-state index in [9.17, 15) is 13.2 Å². The lowest BCUT2D eigenvalue weighted by Crippen LogP contribution is -2.38. The van der Waals surface area contributed by atoms with Gasteiger partial charge in [-0.15, -0.1) is 0 Å². The molecule has 2 aliphatic rings. The number of amides is 1. The zero-order chi connectivity index (χ0) is 20.8. The van der Waals surface area contributed by atoms with E-state index in [0.717, 1.165) is 36.3 Å². The van der Waals surface area contributed by atoms with Crippen LogP contribution in [-0.4, -0.2) is 60.0 Å². The van der Waals surface area contributed by atoms with E-state index < -0.39 is 10.0 Å². The van der Waals surface area contributed by atoms with Gasteiger partial charge < -0.3 is 4.90 Å². The van der Waals surface area contributed by atoms with Crippen molar-refractivity contribution in [2.24, 2.45) is 0 Å². The topological polar surface area (TPSA) is 75.5 Å². The van der Waals surface area contributed by atoms with Crippen LogP contribution in [0.25, 0.3) is 0 Å². The predicted molar refractivity (Wildman–Crippen MR) is 110 cm³/mol. The largest absolute Gasteiger partial charge is 0.340 e. The van der Waals surface area contributed by atoms with Gasteiger partial charge in [0.05, 0.1) is 10.6 Å². The lowest BCUT2D eigenvalue weighted by atomic mass is 9.94. The number of fused-ring (bicyclic) bond motifs is 1. The van der Waals surface area contributed by atoms with Crippen LogP contribution in [0.15, 0.2) is 29.2 Å². The molecule has 156 valence electrons. The molecular weight excluding hydrogens is 388 g/mol. The van der Waals surface area contributed by atoms with Crippen LogP contribution in [0.5, 0.6) is 0 Å². The maximum absolute atomic E-state index is 13.0. The Hall–Kier alpha value is -2.19. The van der Waals surface area contributed by atoms with Crippen molar-refractivity contribution < 1.29 is 13.2 Å². The summed E-state index contributed by atoms with van der Waals surface area (Å²) in [5.74, 6) is 0.190. The molecule has 29 heavy (non-hydrogen) atoms. The molecule has 1 amide bonds. The molecule has 4 rings (SSSR count). The van der Waals surface area contributed by atoms with E-state index in [0.29, 0.717) is 36.5 Å². The Morgan fingerprint density at radius 3 is 2.41 bits per heavy atom. The average Bonchev–Trinajstić information content (AvgIpc) is 3.08. The summed E-state index contributed by atoms with van der Waals surface area (Å²) in [4.78, 5) is 14.6. The van der Waals surface area contributed by atoms with Gasteiger partial charge in [-0.2, -0.15) is 9.40 Å². The molecule has 0 N–H and O–H groups in total. The molecule has 2 aliphatic heterocycles. The Balaban J connectivity index is 1.49. The number of rotatable bonds is 3. The third kappa shape index (κ3) is 3.71. The molecule has 1 aromatic carbocycles. The van der Waals surface area contributed by atoms with Crippen LogP contribution >= 0.6 is 0 Å². The SMILES string of the molecule is Cc1ccc(S(=O)(=O)N2CCC(c3cc4n(n3)CCCN(C)C4=O)CC2)cc1C. The summed E-state index contributed by atoms with van der Waals surface area (Å²) in [6.45, 7) is 6.33. The van der Waals surface area contributed by atoms with Gasteiger partial charge >= 0.3 is 0 Å². The molecule has 0 unspecified atom stereocenters. The summed E-state index contributed by atoms with van der Waals surface area (Å²) in [7, 11) is -1.66. The molecule has 0 aliphatic carbocycles. The zero-order valence-electron chi connectivity index (χ0n) is 17.3. The van der Waals surface area contributed by atoms with Gasteiger partial charge in [-0.05, 0) is 62.4 Å². The van der Waals surface area contributed by atoms with Crippen molar-refractivity contribution in [2.75, 3.05) is 26.7 Å². The minimum Gasteiger partial charge on any atom is -0.340 e. The second-order valence-electron chi connectivity index (χ2n) is 8.18. The number of hydrogen-bond acceptors (Lipinski definition) is 4. The van der Waals surface area contributed by atoms with E-state index in [-0.39, 0.29) is 11.8 Å². The molecule has 7 nitrogen and oxygen atoms in total. The number of benzene rings is 1. The second kappa shape index (κ2) is 7.57. The van der Waals surface area contributed by atoms with E-state index >= 15 is 0 Å². The molecule has 8 heteroatoms. The Morgan fingerprint density at radius 1 is 1.00 bits per heavy atom. The minimum absolute atomic E-state index is 0.0102. The van der Waals surface area contributed by atoms with Gasteiger partial charge in [0.1, 0.15) is 5.69 Å². The predicted octanol–water partition coefficient (Wildman–Crippen LogP) is 2.54. The fraction of sp³-hybridized carbons (Fsp3) is 0.524. The summed E-state index contributed by atoms with van der Waals surface area (Å²) >= 11 is 0. The van der Waals surface area contributed by atoms with E-state index in [1.165, 1.54) is 0 Å². The number of carbonyl (C=O) groups is 1. The second-order valence-corrected chi connectivity index (χ2v) is 10.1. The normalized spacial score (nSPS) is 19.3. The van der Waals surface area contributed by atoms with E-state index in [1.54, 1.807) is 21.3 Å². The minimum atomic E-state index is -3.48. The maximum Gasteiger partial charge on any atom is 0.271 e. The number of sulfonamides is 1. The quantitative estimate of drug-likeness (QED) is 0.771. The highest BCUT2D eigenvalue weighted by atomic mass is 32.2. The molecule has 0 bridgehead atoms. The third-order valence-electron chi connectivity index (χ3n) is 6.22. The molecule has 0 radical (unpaired) electrons. The first-order valence-corrected chi connectivity index (χ1v) is 11.6. The van der Waals surface area contributed by atoms with Crippen molar-refractivity contribution in [3.05, 3.63) is 46.8 Å². The smallest absolute Gasteiger partial charge is 0.271 e. The van der Waals surface area contributed by atoms with Crippen LogP contribution in [0.1, 0.15) is 52.5 Å². The fourth-order valence-corrected chi connectivity index (χ4v) is 5.70. The molecule has 1 saturated heterocycles. The highest BCUT2D eigenvalue weighted by Gasteiger charge is 2.32. The first-order valence-electron chi connectivity index (χ1n) is 10.2. The van der Waals surface area contributed by atoms with Gasteiger partial charge in [-0.25, -0.2) is 8.42 Å². The Kier molecular flexibility index (Phi) is 5.25. The number of carbonyl (C=O) groups excluding carboxylic acids is 1. The van der Waals surface area contributed by atoms with Crippen molar-refractivity contribution in [3.8, 4) is 0 Å². The Morgan fingerprint density at radius 2 is 1.72 bits per heavy atom. The summed E-state index contributed by atoms with van der Waals surface area (Å²) in [5.41, 5.74) is 3.62. The van der Waals surface area contributed by atoms with Crippen LogP contribution in [-0.2, 0) is 16.6 Å². The molecule has 1 aromatic heterocycles. The third-order valence-corrected chi connectivity index (χ3v) is 8.11. The summed E-state index contributed by atoms with van der Waals surface area (Å²) in [5, 5.41) is 4.69. The molecule has 2 aromatic rings. The van der Waals surface area contributed by atoms with Gasteiger partial charge in [-0.3, -0.25) is 9.48 Å². The van der Waals surface area contributed by atoms with Crippen LogP contribution in [0.4, 0.5) is 0 Å². The number of nitrogens with zero attached hydrogens (tertiary/aromatic N) is 4. The number of piperidine rings is 1. The zero-order valence-corrected chi connectivity index (χ0v) is 18.1. The molecule has 0 saturated carbocycles. The van der Waals surface area contributed by atoms with Crippen molar-refractivity contribution >= 4 is 15.9 Å². The van der Waals surface area contributed by atoms with Crippen LogP contribution in [0, 0.1) is 13.8 Å². The van der Waals surface area contributed by atoms with Gasteiger partial charge in [-0.1, -0.05) is 6.07 Å². The van der Waals surface area contributed by atoms with Gasteiger partial charge in [0, 0.05) is 39.1 Å². The number of aryl methyl sites for hydroxylation is 3. The first kappa shape index (κ1) is 20.1. The van der Waals surface area contributed by atoms with E-state index in [2.05, 4.69) is 5.10 Å². The van der Waals surface area contributed by atoms with Crippen LogP contribution < -0.4 is 0 Å². The summed E-state index contributed by atoms with van der Waals surface area (Å²) < 4.78 is 29.4. The van der Waals surface area contributed by atoms with Crippen molar-refractivity contribution in [2.45, 2.75) is 50.5 Å². The fourth-order valence-electron chi connectivity index (χ4n) is 4.15. The number of aromatic nitrogens is 2. The van der Waals surface area contributed by atoms with Gasteiger partial charge in [0.25, 0.3) is 5.91 Å². The van der Waals surface area contributed by atoms with Crippen LogP contribution in [0.3, 0.4) is 0 Å². The van der Waals surface area contributed by atoms with Crippen molar-refractivity contribution in [1.29, 1.82) is 0 Å². The van der Waals surface area contributed by atoms with E-state index in [4.69, 9.17) is 0 Å². The molecule has 1 fully saturated rings. The molecule has 0 atom stereocenters. The summed E-state index contributed by atoms with van der Waals surface area (Å²) in [6, 6.07) is 7.22. The lowest BCUT2D eigenvalue weighted by molar-refractivity contribution is 0.0796. The first-order chi connectivity index (χ1) is 13.8. The standard InChI is InChI=1S/C21H28N4O3S/c1-15-5-6-18(13-16(15)2)29(27,28)24-11-7-17(8-12-24)19-14-20-21(26)23(3)9-4-10-25(20)22-19/h5-6,13-14,17H,4,7-12H2,1-3H3. The monoisotopic (exact) mass is 416 g/mol. The van der Waals surface area contributed by atoms with Gasteiger partial charge in [0.2, 0.25) is 10.0 Å². The van der Waals surface area contributed by atoms with Crippen molar-refractivity contribution in [1.82, 2.24) is 19.0 Å². The maximum atomic E-state index is 13.0. The average molecular weight is 417 g/mol. The highest BCUT2D eigenvalue weighted by Crippen LogP contribution is 2.31. The summed E-state index contributed by atoms with van der Waals surface area (Å²) in [6.07, 6.45) is 2.32. The number of hydrogen-bond donors (Lipinski definition) is 0. The van der Waals surface area contributed by atoms with Crippen LogP contribution in [0.2, 0.25) is 0 Å². The van der Waals surface area contributed by atoms with Crippen molar-refractivity contribution in [3.63, 3.8) is 0 Å². The Bertz CT molecular complexity index is 1040. The molecular formula is C21H28N4O3S. The molecule has 3 heterocycles.